The highest BCUT2D eigenvalue weighted by molar-refractivity contribution is 5.98. The molecule has 100 valence electrons. The number of aliphatic hydroxyl groups is 2. The average molecular weight is 252 g/mol. The van der Waals surface area contributed by atoms with Crippen molar-refractivity contribution in [2.75, 3.05) is 0 Å². The SMILES string of the molecule is CC1=C(O)C(=O)C(C)C1C.O=C1CCCC=C1O. The van der Waals surface area contributed by atoms with E-state index in [0.717, 1.165) is 18.4 Å². The van der Waals surface area contributed by atoms with Crippen LogP contribution in [0.25, 0.3) is 0 Å². The second kappa shape index (κ2) is 5.85. The zero-order valence-electron chi connectivity index (χ0n) is 11.1. The van der Waals surface area contributed by atoms with E-state index in [0.29, 0.717) is 6.42 Å². The van der Waals surface area contributed by atoms with Gasteiger partial charge < -0.3 is 10.2 Å². The monoisotopic (exact) mass is 252 g/mol. The summed E-state index contributed by atoms with van der Waals surface area (Å²) in [4.78, 5) is 21.5. The van der Waals surface area contributed by atoms with Gasteiger partial charge >= 0.3 is 0 Å². The lowest BCUT2D eigenvalue weighted by Gasteiger charge is -2.07. The van der Waals surface area contributed by atoms with Gasteiger partial charge in [-0.05, 0) is 37.3 Å². The summed E-state index contributed by atoms with van der Waals surface area (Å²) in [6.07, 6.45) is 3.83. The minimum Gasteiger partial charge on any atom is -0.505 e. The number of hydrogen-bond donors (Lipinski definition) is 2. The van der Waals surface area contributed by atoms with Gasteiger partial charge in [0.2, 0.25) is 0 Å². The van der Waals surface area contributed by atoms with Crippen LogP contribution in [-0.4, -0.2) is 21.8 Å². The average Bonchev–Trinajstić information content (AvgIpc) is 2.52. The minimum atomic E-state index is -0.115. The highest BCUT2D eigenvalue weighted by atomic mass is 16.3. The van der Waals surface area contributed by atoms with Gasteiger partial charge in [0.25, 0.3) is 0 Å². The molecule has 18 heavy (non-hydrogen) atoms. The largest absolute Gasteiger partial charge is 0.505 e. The summed E-state index contributed by atoms with van der Waals surface area (Å²) in [7, 11) is 0. The number of rotatable bonds is 0. The maximum atomic E-state index is 11.0. The molecule has 2 aliphatic carbocycles. The first-order chi connectivity index (χ1) is 8.36. The van der Waals surface area contributed by atoms with E-state index in [4.69, 9.17) is 10.2 Å². The van der Waals surface area contributed by atoms with E-state index in [9.17, 15) is 9.59 Å². The Morgan fingerprint density at radius 2 is 1.78 bits per heavy atom. The topological polar surface area (TPSA) is 74.6 Å². The van der Waals surface area contributed by atoms with E-state index in [-0.39, 0.29) is 34.9 Å². The molecule has 2 aliphatic rings. The van der Waals surface area contributed by atoms with Crippen molar-refractivity contribution in [2.24, 2.45) is 11.8 Å². The highest BCUT2D eigenvalue weighted by Crippen LogP contribution is 2.31. The molecule has 2 rings (SSSR count). The van der Waals surface area contributed by atoms with E-state index >= 15 is 0 Å². The van der Waals surface area contributed by atoms with Crippen molar-refractivity contribution in [2.45, 2.75) is 40.0 Å². The molecule has 0 radical (unpaired) electrons. The van der Waals surface area contributed by atoms with Gasteiger partial charge in [0.1, 0.15) is 0 Å². The van der Waals surface area contributed by atoms with Crippen LogP contribution in [0, 0.1) is 11.8 Å². The predicted octanol–water partition coefficient (Wildman–Crippen LogP) is 2.85. The highest BCUT2D eigenvalue weighted by Gasteiger charge is 2.33. The lowest BCUT2D eigenvalue weighted by molar-refractivity contribution is -0.120. The third kappa shape index (κ3) is 3.00. The first-order valence-corrected chi connectivity index (χ1v) is 6.22. The number of allylic oxidation sites excluding steroid dienone is 4. The maximum Gasteiger partial charge on any atom is 0.200 e. The third-order valence-electron chi connectivity index (χ3n) is 3.68. The molecule has 0 saturated carbocycles. The molecule has 0 aromatic rings. The Morgan fingerprint density at radius 3 is 2.00 bits per heavy atom. The van der Waals surface area contributed by atoms with Crippen LogP contribution in [0.1, 0.15) is 40.0 Å². The molecule has 0 saturated heterocycles. The summed E-state index contributed by atoms with van der Waals surface area (Å²) in [5.74, 6) is -0.0926. The van der Waals surface area contributed by atoms with Crippen LogP contribution in [0.3, 0.4) is 0 Å². The lowest BCUT2D eigenvalue weighted by atomic mass is 9.95. The predicted molar refractivity (Wildman–Crippen MR) is 68.2 cm³/mol. The Morgan fingerprint density at radius 1 is 1.17 bits per heavy atom. The molecule has 0 aliphatic heterocycles. The molecule has 2 unspecified atom stereocenters. The molecule has 0 bridgehead atoms. The van der Waals surface area contributed by atoms with Gasteiger partial charge in [-0.2, -0.15) is 0 Å². The van der Waals surface area contributed by atoms with Crippen molar-refractivity contribution in [1.29, 1.82) is 0 Å². The molecule has 2 atom stereocenters. The van der Waals surface area contributed by atoms with E-state index in [1.807, 2.05) is 13.8 Å². The van der Waals surface area contributed by atoms with Gasteiger partial charge in [-0.25, -0.2) is 0 Å². The van der Waals surface area contributed by atoms with Gasteiger partial charge in [0, 0.05) is 12.3 Å². The standard InChI is InChI=1S/C8H12O2.C6H8O2/c1-4-5(2)7(9)8(10)6(4)3;7-5-3-1-2-4-6(5)8/h4-5,10H,1-3H3;3,7H,1-2,4H2. The zero-order valence-corrected chi connectivity index (χ0v) is 11.1. The van der Waals surface area contributed by atoms with E-state index < -0.39 is 0 Å². The number of hydrogen-bond acceptors (Lipinski definition) is 4. The Labute approximate surface area is 107 Å². The summed E-state index contributed by atoms with van der Waals surface area (Å²) in [5.41, 5.74) is 0.831. The molecule has 2 N–H and O–H groups in total. The molecule has 0 heterocycles. The molecule has 0 aromatic carbocycles. The van der Waals surface area contributed by atoms with E-state index in [1.54, 1.807) is 13.0 Å². The lowest BCUT2D eigenvalue weighted by Crippen LogP contribution is -2.10. The fourth-order valence-electron chi connectivity index (χ4n) is 1.97. The summed E-state index contributed by atoms with van der Waals surface area (Å²) in [6, 6.07) is 0. The van der Waals surface area contributed by atoms with Crippen molar-refractivity contribution >= 4 is 11.6 Å². The first kappa shape index (κ1) is 14.5. The number of carbonyl (C=O) groups is 2. The van der Waals surface area contributed by atoms with Crippen molar-refractivity contribution < 1.29 is 19.8 Å². The molecule has 0 aromatic heterocycles. The Hall–Kier alpha value is -1.58. The maximum absolute atomic E-state index is 11.0. The Kier molecular flexibility index (Phi) is 4.70. The molecular weight excluding hydrogens is 232 g/mol. The Balaban J connectivity index is 0.000000184. The zero-order chi connectivity index (χ0) is 13.9. The first-order valence-electron chi connectivity index (χ1n) is 6.22. The van der Waals surface area contributed by atoms with Crippen LogP contribution < -0.4 is 0 Å². The number of carbonyl (C=O) groups excluding carboxylic acids is 2. The molecule has 0 spiro atoms. The van der Waals surface area contributed by atoms with Crippen LogP contribution >= 0.6 is 0 Å². The quantitative estimate of drug-likeness (QED) is 0.695. The van der Waals surface area contributed by atoms with Crippen LogP contribution in [0.15, 0.2) is 23.2 Å². The number of aliphatic hydroxyl groups excluding tert-OH is 2. The number of ketones is 2. The third-order valence-corrected chi connectivity index (χ3v) is 3.68. The Bertz CT molecular complexity index is 418. The smallest absolute Gasteiger partial charge is 0.200 e. The van der Waals surface area contributed by atoms with Gasteiger partial charge in [-0.1, -0.05) is 13.8 Å². The second-order valence-electron chi connectivity index (χ2n) is 4.88. The van der Waals surface area contributed by atoms with Crippen LogP contribution in [0.2, 0.25) is 0 Å². The van der Waals surface area contributed by atoms with E-state index in [1.165, 1.54) is 0 Å². The van der Waals surface area contributed by atoms with Crippen molar-refractivity contribution in [3.8, 4) is 0 Å². The minimum absolute atomic E-state index is 0.0139. The van der Waals surface area contributed by atoms with Crippen LogP contribution in [0.5, 0.6) is 0 Å². The molecular formula is C14H20O4. The van der Waals surface area contributed by atoms with Gasteiger partial charge in [0.05, 0.1) is 0 Å². The fraction of sp³-hybridized carbons (Fsp3) is 0.571. The van der Waals surface area contributed by atoms with Gasteiger partial charge in [-0.15, -0.1) is 0 Å². The summed E-state index contributed by atoms with van der Waals surface area (Å²) >= 11 is 0. The summed E-state index contributed by atoms with van der Waals surface area (Å²) in [6.45, 7) is 5.61. The number of Topliss-reactive ketones (excluding diaryl/α,β-unsaturated/α-hetero) is 2. The van der Waals surface area contributed by atoms with Crippen LogP contribution in [-0.2, 0) is 9.59 Å². The fourth-order valence-corrected chi connectivity index (χ4v) is 1.97. The van der Waals surface area contributed by atoms with E-state index in [2.05, 4.69) is 0 Å². The molecule has 4 heteroatoms. The summed E-state index contributed by atoms with van der Waals surface area (Å²) < 4.78 is 0. The van der Waals surface area contributed by atoms with Gasteiger partial charge in [-0.3, -0.25) is 9.59 Å². The molecule has 4 nitrogen and oxygen atoms in total. The molecule has 0 amide bonds. The second-order valence-corrected chi connectivity index (χ2v) is 4.88. The molecule has 0 fully saturated rings. The van der Waals surface area contributed by atoms with Crippen molar-refractivity contribution in [3.63, 3.8) is 0 Å². The normalized spacial score (nSPS) is 27.8. The van der Waals surface area contributed by atoms with Crippen molar-refractivity contribution in [1.82, 2.24) is 0 Å². The van der Waals surface area contributed by atoms with Gasteiger partial charge in [0.15, 0.2) is 23.1 Å². The summed E-state index contributed by atoms with van der Waals surface area (Å²) in [5, 5.41) is 17.8. The van der Waals surface area contributed by atoms with Crippen LogP contribution in [0.4, 0.5) is 0 Å². The van der Waals surface area contributed by atoms with Crippen molar-refractivity contribution in [3.05, 3.63) is 23.2 Å².